The second-order valence-electron chi connectivity index (χ2n) is 11.5. The van der Waals surface area contributed by atoms with Crippen molar-refractivity contribution < 1.29 is 9.60 Å². The van der Waals surface area contributed by atoms with Gasteiger partial charge >= 0.3 is 0 Å². The topological polar surface area (TPSA) is 38.7 Å². The first-order chi connectivity index (χ1) is 27.2. The molecule has 0 radical (unpaired) electrons. The molecule has 9 aromatic rings. The molecule has 0 spiro atoms. The Morgan fingerprint density at radius 1 is 0.388 bits per heavy atom. The zero-order valence-corrected chi connectivity index (χ0v) is 26.8. The van der Waals surface area contributed by atoms with Gasteiger partial charge in [-0.15, -0.1) is 11.3 Å². The van der Waals surface area contributed by atoms with E-state index in [0.29, 0.717) is 44.2 Å². The molecule has 7 aromatic carbocycles. The van der Waals surface area contributed by atoms with Crippen molar-refractivity contribution in [3.8, 4) is 67.5 Å². The van der Waals surface area contributed by atoms with E-state index >= 15 is 0 Å². The number of nitrogens with zero attached hydrogens (tertiary/aromatic N) is 3. The minimum atomic E-state index is -0.400. The highest BCUT2D eigenvalue weighted by molar-refractivity contribution is 7.25. The van der Waals surface area contributed by atoms with E-state index in [1.165, 1.54) is 0 Å². The Bertz CT molecular complexity index is 2970. The maximum atomic E-state index is 9.28. The predicted molar refractivity (Wildman–Crippen MR) is 205 cm³/mol. The Kier molecular flexibility index (Phi) is 5.67. The normalized spacial score (nSPS) is 13.3. The van der Waals surface area contributed by atoms with Crippen LogP contribution >= 0.6 is 11.3 Å². The Morgan fingerprint density at radius 2 is 0.857 bits per heavy atom. The minimum Gasteiger partial charge on any atom is -0.208 e. The van der Waals surface area contributed by atoms with Crippen LogP contribution in [-0.2, 0) is 0 Å². The van der Waals surface area contributed by atoms with Gasteiger partial charge in [0.2, 0.25) is 0 Å². The molecule has 0 bridgehead atoms. The van der Waals surface area contributed by atoms with E-state index in [-0.39, 0.29) is 46.3 Å². The third-order valence-electron chi connectivity index (χ3n) is 8.45. The van der Waals surface area contributed by atoms with E-state index in [1.54, 1.807) is 0 Å². The molecule has 0 aliphatic carbocycles. The predicted octanol–water partition coefficient (Wildman–Crippen LogP) is 12.2. The van der Waals surface area contributed by atoms with Crippen LogP contribution in [0.15, 0.2) is 176 Å². The molecule has 0 amide bonds. The first-order valence-electron chi connectivity index (χ1n) is 19.3. The Morgan fingerprint density at radius 3 is 1.53 bits per heavy atom. The molecule has 2 heterocycles. The van der Waals surface area contributed by atoms with Crippen molar-refractivity contribution in [2.45, 2.75) is 0 Å². The first kappa shape index (κ1) is 22.4. The lowest BCUT2D eigenvalue weighted by atomic mass is 9.93. The van der Waals surface area contributed by atoms with Crippen molar-refractivity contribution in [3.63, 3.8) is 0 Å². The van der Waals surface area contributed by atoms with E-state index < -0.39 is 6.04 Å². The van der Waals surface area contributed by atoms with Gasteiger partial charge in [0.15, 0.2) is 17.5 Å². The summed E-state index contributed by atoms with van der Waals surface area (Å²) in [6.45, 7) is 0. The molecule has 0 saturated heterocycles. The van der Waals surface area contributed by atoms with Gasteiger partial charge in [0.05, 0.1) is 9.60 Å². The molecule has 49 heavy (non-hydrogen) atoms. The second-order valence-corrected chi connectivity index (χ2v) is 12.6. The summed E-state index contributed by atoms with van der Waals surface area (Å²) in [6.07, 6.45) is 0. The molecule has 2 aromatic heterocycles. The van der Waals surface area contributed by atoms with Gasteiger partial charge in [-0.05, 0) is 63.7 Å². The third kappa shape index (κ3) is 5.58. The SMILES string of the molecule is [2H]c1c([2H])c([2H])c2c(sc3c([2H])c([2H])c([2H])c(-c4cc(-c5ccccc5)cc(-c5nc(-c6ccccc6)nc(-c6ccc(-c7ccccc7)cc6)n5)c4)c32)c1[2H]. The van der Waals surface area contributed by atoms with Gasteiger partial charge in [-0.3, -0.25) is 0 Å². The maximum absolute atomic E-state index is 9.28. The summed E-state index contributed by atoms with van der Waals surface area (Å²) in [4.78, 5) is 15.0. The van der Waals surface area contributed by atoms with E-state index in [9.17, 15) is 1.37 Å². The molecular weight excluding hydrogens is 615 g/mol. The number of benzene rings is 7. The van der Waals surface area contributed by atoms with Gasteiger partial charge in [-0.25, -0.2) is 15.0 Å². The molecule has 0 saturated carbocycles. The quantitative estimate of drug-likeness (QED) is 0.180. The average molecular weight is 651 g/mol. The van der Waals surface area contributed by atoms with Crippen LogP contribution in [0.2, 0.25) is 0 Å². The largest absolute Gasteiger partial charge is 0.208 e. The van der Waals surface area contributed by atoms with E-state index in [1.807, 2.05) is 121 Å². The van der Waals surface area contributed by atoms with Gasteiger partial charge in [-0.2, -0.15) is 0 Å². The minimum absolute atomic E-state index is 0.195. The van der Waals surface area contributed by atoms with Crippen LogP contribution in [-0.4, -0.2) is 15.0 Å². The van der Waals surface area contributed by atoms with Crippen molar-refractivity contribution in [1.82, 2.24) is 15.0 Å². The molecule has 3 nitrogen and oxygen atoms in total. The van der Waals surface area contributed by atoms with Gasteiger partial charge < -0.3 is 0 Å². The lowest BCUT2D eigenvalue weighted by Gasteiger charge is -2.13. The molecule has 0 N–H and O–H groups in total. The zero-order chi connectivity index (χ0) is 38.7. The van der Waals surface area contributed by atoms with Crippen LogP contribution < -0.4 is 0 Å². The summed E-state index contributed by atoms with van der Waals surface area (Å²) in [5.74, 6) is 1.32. The summed E-state index contributed by atoms with van der Waals surface area (Å²) in [5.41, 5.74) is 6.84. The number of thiophene rings is 1. The standard InChI is InChI=1S/C45H29N3S/c1-4-13-30(14-5-1)32-23-25-34(26-24-32)44-46-43(33-17-8-3-9-18-33)47-45(48-44)37-28-35(31-15-6-2-7-16-31)27-36(29-37)38-20-12-22-41-42(38)39-19-10-11-21-40(39)49-41/h1-29H/i10D,11D,12D,19D,20D,21D,22D. The number of fused-ring (bicyclic) bond motifs is 3. The molecule has 0 aliphatic rings. The fourth-order valence-corrected chi connectivity index (χ4v) is 7.04. The number of aromatic nitrogens is 3. The van der Waals surface area contributed by atoms with Crippen molar-refractivity contribution in [2.75, 3.05) is 0 Å². The first-order valence-corrected chi connectivity index (χ1v) is 16.6. The Hall–Kier alpha value is -6.23. The lowest BCUT2D eigenvalue weighted by molar-refractivity contribution is 1.07. The lowest BCUT2D eigenvalue weighted by Crippen LogP contribution is -2.00. The smallest absolute Gasteiger partial charge is 0.164 e. The van der Waals surface area contributed by atoms with Gasteiger partial charge in [0.1, 0.15) is 0 Å². The van der Waals surface area contributed by atoms with E-state index in [0.717, 1.165) is 44.7 Å². The monoisotopic (exact) mass is 650 g/mol. The van der Waals surface area contributed by atoms with Crippen LogP contribution in [0.5, 0.6) is 0 Å². The van der Waals surface area contributed by atoms with Crippen LogP contribution in [0.1, 0.15) is 9.60 Å². The number of hydrogen-bond acceptors (Lipinski definition) is 4. The Balaban J connectivity index is 1.32. The molecule has 0 unspecified atom stereocenters. The summed E-state index contributed by atoms with van der Waals surface area (Å²) in [7, 11) is 0. The zero-order valence-electron chi connectivity index (χ0n) is 33.0. The highest BCUT2D eigenvalue weighted by Gasteiger charge is 2.17. The third-order valence-corrected chi connectivity index (χ3v) is 9.47. The van der Waals surface area contributed by atoms with Gasteiger partial charge in [-0.1, -0.05) is 145 Å². The van der Waals surface area contributed by atoms with Gasteiger partial charge in [0, 0.05) is 36.9 Å². The number of hydrogen-bond donors (Lipinski definition) is 0. The van der Waals surface area contributed by atoms with Crippen LogP contribution in [0.4, 0.5) is 0 Å². The van der Waals surface area contributed by atoms with Crippen LogP contribution in [0.3, 0.4) is 0 Å². The maximum Gasteiger partial charge on any atom is 0.164 e. The highest BCUT2D eigenvalue weighted by atomic mass is 32.1. The number of rotatable bonds is 6. The fraction of sp³-hybridized carbons (Fsp3) is 0. The highest BCUT2D eigenvalue weighted by Crippen LogP contribution is 2.42. The van der Waals surface area contributed by atoms with E-state index in [4.69, 9.17) is 23.2 Å². The summed E-state index contributed by atoms with van der Waals surface area (Å²) >= 11 is 1.05. The fourth-order valence-electron chi connectivity index (χ4n) is 6.07. The molecule has 4 heteroatoms. The van der Waals surface area contributed by atoms with Crippen molar-refractivity contribution in [3.05, 3.63) is 176 Å². The van der Waals surface area contributed by atoms with Crippen molar-refractivity contribution in [1.29, 1.82) is 0 Å². The summed E-state index contributed by atoms with van der Waals surface area (Å²) in [5, 5.41) is 0.575. The molecule has 230 valence electrons. The van der Waals surface area contributed by atoms with Crippen molar-refractivity contribution >= 4 is 31.5 Å². The summed E-state index contributed by atoms with van der Waals surface area (Å²) < 4.78 is 62.0. The van der Waals surface area contributed by atoms with Crippen molar-refractivity contribution in [2.24, 2.45) is 0 Å². The van der Waals surface area contributed by atoms with Crippen LogP contribution in [0, 0.1) is 0 Å². The Labute approximate surface area is 298 Å². The molecule has 0 aliphatic heterocycles. The second kappa shape index (κ2) is 12.4. The molecule has 0 atom stereocenters. The summed E-state index contributed by atoms with van der Waals surface area (Å²) in [6, 6.07) is 41.4. The van der Waals surface area contributed by atoms with Crippen LogP contribution in [0.25, 0.3) is 87.7 Å². The van der Waals surface area contributed by atoms with E-state index in [2.05, 4.69) is 12.1 Å². The average Bonchev–Trinajstić information content (AvgIpc) is 3.65. The molecule has 9 rings (SSSR count). The molecule has 0 fully saturated rings. The van der Waals surface area contributed by atoms with Gasteiger partial charge in [0.25, 0.3) is 0 Å². The molecular formula is C45H29N3S.